The van der Waals surface area contributed by atoms with Crippen molar-refractivity contribution in [2.24, 2.45) is 0 Å². The molecule has 2 aromatic heterocycles. The lowest BCUT2D eigenvalue weighted by Gasteiger charge is -2.28. The molecule has 0 unspecified atom stereocenters. The molecule has 3 aromatic rings. The summed E-state index contributed by atoms with van der Waals surface area (Å²) in [5, 5.41) is 4.29. The van der Waals surface area contributed by atoms with E-state index in [-0.39, 0.29) is 12.1 Å². The van der Waals surface area contributed by atoms with Crippen LogP contribution in [0.25, 0.3) is 0 Å². The quantitative estimate of drug-likeness (QED) is 0.456. The lowest BCUT2D eigenvalue weighted by atomic mass is 9.96. The summed E-state index contributed by atoms with van der Waals surface area (Å²) in [6.07, 6.45) is 7.05. The molecule has 0 amide bonds. The van der Waals surface area contributed by atoms with E-state index >= 15 is 0 Å². The molecule has 0 bridgehead atoms. The van der Waals surface area contributed by atoms with Crippen LogP contribution in [-0.4, -0.2) is 20.8 Å². The maximum atomic E-state index is 6.19. The van der Waals surface area contributed by atoms with Crippen LogP contribution in [0.3, 0.4) is 0 Å². The SMILES string of the molecule is CCn1c(C)cc([C@@H]2[C@H](c3ccccn3)NC(=S)N2c2ccc(OC3CCCC3)cc2)c1C. The average Bonchev–Trinajstić information content (AvgIpc) is 3.53. The van der Waals surface area contributed by atoms with E-state index in [1.165, 1.54) is 29.8 Å². The van der Waals surface area contributed by atoms with Gasteiger partial charge in [0.2, 0.25) is 0 Å². The van der Waals surface area contributed by atoms with Gasteiger partial charge < -0.3 is 19.5 Å². The van der Waals surface area contributed by atoms with Crippen molar-refractivity contribution in [3.05, 3.63) is 77.4 Å². The number of nitrogens with zero attached hydrogens (tertiary/aromatic N) is 3. The molecule has 1 N–H and O–H groups in total. The Morgan fingerprint density at radius 3 is 2.48 bits per heavy atom. The summed E-state index contributed by atoms with van der Waals surface area (Å²) in [7, 11) is 0. The Balaban J connectivity index is 1.52. The Labute approximate surface area is 201 Å². The molecule has 0 spiro atoms. The lowest BCUT2D eigenvalue weighted by molar-refractivity contribution is 0.210. The number of anilines is 1. The van der Waals surface area contributed by atoms with Crippen molar-refractivity contribution < 1.29 is 4.74 Å². The highest BCUT2D eigenvalue weighted by Crippen LogP contribution is 2.43. The Hall–Kier alpha value is -2.86. The first kappa shape index (κ1) is 22.0. The van der Waals surface area contributed by atoms with E-state index in [9.17, 15) is 0 Å². The largest absolute Gasteiger partial charge is 0.490 e. The molecule has 33 heavy (non-hydrogen) atoms. The molecule has 5 nitrogen and oxygen atoms in total. The van der Waals surface area contributed by atoms with Gasteiger partial charge in [-0.05, 0) is 107 Å². The van der Waals surface area contributed by atoms with Gasteiger partial charge in [-0.15, -0.1) is 0 Å². The van der Waals surface area contributed by atoms with Crippen LogP contribution in [0.2, 0.25) is 0 Å². The highest BCUT2D eigenvalue weighted by Gasteiger charge is 2.42. The fourth-order valence-corrected chi connectivity index (χ4v) is 5.79. The summed E-state index contributed by atoms with van der Waals surface area (Å²) in [6.45, 7) is 7.53. The third kappa shape index (κ3) is 4.12. The minimum Gasteiger partial charge on any atom is -0.490 e. The number of pyridine rings is 1. The van der Waals surface area contributed by atoms with E-state index in [4.69, 9.17) is 17.0 Å². The molecule has 2 atom stereocenters. The second kappa shape index (κ2) is 9.18. The summed E-state index contributed by atoms with van der Waals surface area (Å²) in [5.74, 6) is 0.936. The van der Waals surface area contributed by atoms with Crippen molar-refractivity contribution in [2.75, 3.05) is 4.90 Å². The highest BCUT2D eigenvalue weighted by molar-refractivity contribution is 7.80. The molecule has 1 aliphatic carbocycles. The van der Waals surface area contributed by atoms with E-state index < -0.39 is 0 Å². The van der Waals surface area contributed by atoms with Gasteiger partial charge in [-0.1, -0.05) is 6.07 Å². The number of benzene rings is 1. The van der Waals surface area contributed by atoms with Crippen molar-refractivity contribution in [1.29, 1.82) is 0 Å². The lowest BCUT2D eigenvalue weighted by Crippen LogP contribution is -2.29. The van der Waals surface area contributed by atoms with Gasteiger partial charge in [0.15, 0.2) is 5.11 Å². The molecule has 3 heterocycles. The van der Waals surface area contributed by atoms with Crippen molar-refractivity contribution in [1.82, 2.24) is 14.9 Å². The number of ether oxygens (including phenoxy) is 1. The highest BCUT2D eigenvalue weighted by atomic mass is 32.1. The van der Waals surface area contributed by atoms with Crippen LogP contribution < -0.4 is 15.0 Å². The minimum absolute atomic E-state index is 0.0144. The van der Waals surface area contributed by atoms with Crippen LogP contribution in [0.5, 0.6) is 5.75 Å². The summed E-state index contributed by atoms with van der Waals surface area (Å²) in [4.78, 5) is 6.92. The molecule has 5 rings (SSSR count). The molecule has 0 radical (unpaired) electrons. The molecule has 1 saturated carbocycles. The van der Waals surface area contributed by atoms with Crippen LogP contribution in [0.1, 0.15) is 67.3 Å². The van der Waals surface area contributed by atoms with Gasteiger partial charge in [-0.3, -0.25) is 4.98 Å². The number of nitrogens with one attached hydrogen (secondary N) is 1. The number of rotatable bonds is 6. The molecule has 6 heteroatoms. The second-order valence-electron chi connectivity index (χ2n) is 9.09. The number of hydrogen-bond acceptors (Lipinski definition) is 3. The van der Waals surface area contributed by atoms with E-state index in [1.54, 1.807) is 0 Å². The molecule has 172 valence electrons. The zero-order valence-corrected chi connectivity index (χ0v) is 20.4. The van der Waals surface area contributed by atoms with E-state index in [0.717, 1.165) is 41.6 Å². The maximum Gasteiger partial charge on any atom is 0.174 e. The Kier molecular flexibility index (Phi) is 6.11. The Morgan fingerprint density at radius 2 is 1.85 bits per heavy atom. The van der Waals surface area contributed by atoms with Crippen LogP contribution in [0.15, 0.2) is 54.7 Å². The topological polar surface area (TPSA) is 42.3 Å². The second-order valence-corrected chi connectivity index (χ2v) is 9.47. The third-order valence-electron chi connectivity index (χ3n) is 7.07. The van der Waals surface area contributed by atoms with Crippen molar-refractivity contribution >= 4 is 23.0 Å². The van der Waals surface area contributed by atoms with Gasteiger partial charge in [0.05, 0.1) is 23.9 Å². The summed E-state index contributed by atoms with van der Waals surface area (Å²) in [6, 6.07) is 16.8. The van der Waals surface area contributed by atoms with Crippen molar-refractivity contribution in [2.45, 2.75) is 71.2 Å². The van der Waals surface area contributed by atoms with Gasteiger partial charge in [0.25, 0.3) is 0 Å². The zero-order chi connectivity index (χ0) is 22.9. The predicted octanol–water partition coefficient (Wildman–Crippen LogP) is 6.02. The van der Waals surface area contributed by atoms with Crippen molar-refractivity contribution in [3.63, 3.8) is 0 Å². The molecular weight excluding hydrogens is 428 g/mol. The zero-order valence-electron chi connectivity index (χ0n) is 19.6. The molecule has 2 aliphatic rings. The average molecular weight is 461 g/mol. The van der Waals surface area contributed by atoms with Crippen LogP contribution in [0, 0.1) is 13.8 Å². The summed E-state index contributed by atoms with van der Waals surface area (Å²) >= 11 is 5.89. The first-order valence-corrected chi connectivity index (χ1v) is 12.4. The fourth-order valence-electron chi connectivity index (χ4n) is 5.45. The molecule has 1 aliphatic heterocycles. The summed E-state index contributed by atoms with van der Waals surface area (Å²) < 4.78 is 8.56. The van der Waals surface area contributed by atoms with E-state index in [1.807, 2.05) is 18.3 Å². The van der Waals surface area contributed by atoms with E-state index in [0.29, 0.717) is 6.10 Å². The molecule has 1 aromatic carbocycles. The summed E-state index contributed by atoms with van der Waals surface area (Å²) in [5.41, 5.74) is 5.89. The number of aryl methyl sites for hydroxylation is 1. The van der Waals surface area contributed by atoms with Crippen LogP contribution >= 0.6 is 12.2 Å². The molecule has 1 saturated heterocycles. The Morgan fingerprint density at radius 1 is 1.09 bits per heavy atom. The van der Waals surface area contributed by atoms with Gasteiger partial charge >= 0.3 is 0 Å². The van der Waals surface area contributed by atoms with Gasteiger partial charge in [-0.2, -0.15) is 0 Å². The van der Waals surface area contributed by atoms with Crippen molar-refractivity contribution in [3.8, 4) is 5.75 Å². The molecular formula is C27H32N4OS. The standard InChI is InChI=1S/C27H32N4OS/c1-4-30-18(2)17-23(19(30)3)26-25(24-11-7-8-16-28-24)29-27(33)31(26)20-12-14-22(15-13-20)32-21-9-5-6-10-21/h7-8,11-17,21,25-26H,4-6,9-10H2,1-3H3,(H,29,33)/t25-,26+/m0/s1. The third-order valence-corrected chi connectivity index (χ3v) is 7.38. The van der Waals surface area contributed by atoms with Gasteiger partial charge in [0, 0.05) is 29.8 Å². The number of hydrogen-bond donors (Lipinski definition) is 1. The monoisotopic (exact) mass is 460 g/mol. The number of aromatic nitrogens is 2. The first-order chi connectivity index (χ1) is 16.1. The van der Waals surface area contributed by atoms with Crippen LogP contribution in [-0.2, 0) is 6.54 Å². The van der Waals surface area contributed by atoms with Gasteiger partial charge in [-0.25, -0.2) is 0 Å². The Bertz CT molecular complexity index is 1120. The maximum absolute atomic E-state index is 6.19. The minimum atomic E-state index is -0.0288. The fraction of sp³-hybridized carbons (Fsp3) is 0.407. The van der Waals surface area contributed by atoms with E-state index in [2.05, 4.69) is 76.9 Å². The number of thiocarbonyl (C=S) groups is 1. The van der Waals surface area contributed by atoms with Crippen LogP contribution in [0.4, 0.5) is 5.69 Å². The predicted molar refractivity (Wildman–Crippen MR) is 137 cm³/mol. The first-order valence-electron chi connectivity index (χ1n) is 12.0. The normalized spacial score (nSPS) is 20.9. The van der Waals surface area contributed by atoms with Gasteiger partial charge in [0.1, 0.15) is 5.75 Å². The molecule has 2 fully saturated rings. The smallest absolute Gasteiger partial charge is 0.174 e.